The Morgan fingerprint density at radius 3 is 2.81 bits per heavy atom. The van der Waals surface area contributed by atoms with Gasteiger partial charge >= 0.3 is 0 Å². The van der Waals surface area contributed by atoms with Crippen LogP contribution in [0.15, 0.2) is 48.1 Å². The lowest BCUT2D eigenvalue weighted by Crippen LogP contribution is -2.48. The predicted molar refractivity (Wildman–Crippen MR) is 128 cm³/mol. The van der Waals surface area contributed by atoms with Gasteiger partial charge in [-0.15, -0.1) is 22.7 Å². The van der Waals surface area contributed by atoms with Crippen LogP contribution in [-0.2, 0) is 17.8 Å². The van der Waals surface area contributed by atoms with Crippen molar-refractivity contribution in [2.75, 3.05) is 26.2 Å². The van der Waals surface area contributed by atoms with Crippen molar-refractivity contribution in [3.63, 3.8) is 0 Å². The van der Waals surface area contributed by atoms with Crippen molar-refractivity contribution in [2.45, 2.75) is 13.0 Å². The van der Waals surface area contributed by atoms with E-state index in [0.29, 0.717) is 12.2 Å². The summed E-state index contributed by atoms with van der Waals surface area (Å²) < 4.78 is 0. The Kier molecular flexibility index (Phi) is 6.31. The Hall–Kier alpha value is -2.59. The summed E-state index contributed by atoms with van der Waals surface area (Å²) in [7, 11) is 0. The third-order valence-corrected chi connectivity index (χ3v) is 7.63. The second-order valence-corrected chi connectivity index (χ2v) is 10.1. The molecule has 0 bridgehead atoms. The maximum atomic E-state index is 12.7. The number of rotatable bonds is 6. The molecule has 0 radical (unpaired) electrons. The van der Waals surface area contributed by atoms with Crippen LogP contribution in [-0.4, -0.2) is 62.1 Å². The lowest BCUT2D eigenvalue weighted by atomic mass is 10.2. The molecular weight excluding hydrogens is 464 g/mol. The smallest absolute Gasteiger partial charge is 0.228 e. The lowest BCUT2D eigenvalue weighted by Gasteiger charge is -2.34. The summed E-state index contributed by atoms with van der Waals surface area (Å²) >= 11 is 9.39. The molecule has 7 nitrogen and oxygen atoms in total. The molecule has 0 spiro atoms. The van der Waals surface area contributed by atoms with Gasteiger partial charge < -0.3 is 4.90 Å². The van der Waals surface area contributed by atoms with Gasteiger partial charge in [-0.3, -0.25) is 14.8 Å². The van der Waals surface area contributed by atoms with Crippen LogP contribution in [0.25, 0.3) is 21.3 Å². The number of aromatic nitrogens is 4. The molecule has 0 aliphatic carbocycles. The molecule has 0 unspecified atom stereocenters. The number of carbonyl (C=O) groups is 1. The minimum atomic E-state index is 0.124. The number of nitrogens with zero attached hydrogens (tertiary/aromatic N) is 5. The Labute approximate surface area is 198 Å². The lowest BCUT2D eigenvalue weighted by molar-refractivity contribution is -0.132. The SMILES string of the molecule is O=C(Cc1csc(-c2ncn[nH]2)n1)N1CCN(Cc2ccc(-c3cccc(Cl)c3)s2)CC1. The van der Waals surface area contributed by atoms with Gasteiger partial charge in [0.1, 0.15) is 6.33 Å². The Balaban J connectivity index is 1.12. The third-order valence-electron chi connectivity index (χ3n) is 5.38. The van der Waals surface area contributed by atoms with E-state index in [1.165, 1.54) is 27.4 Å². The second-order valence-electron chi connectivity index (χ2n) is 7.59. The summed E-state index contributed by atoms with van der Waals surface area (Å²) in [4.78, 5) is 28.3. The number of carbonyl (C=O) groups excluding carboxylic acids is 1. The highest BCUT2D eigenvalue weighted by Gasteiger charge is 2.22. The third kappa shape index (κ3) is 4.91. The molecule has 1 saturated heterocycles. The molecule has 0 saturated carbocycles. The van der Waals surface area contributed by atoms with Crippen molar-refractivity contribution in [3.05, 3.63) is 63.7 Å². The van der Waals surface area contributed by atoms with E-state index in [9.17, 15) is 4.79 Å². The fourth-order valence-electron chi connectivity index (χ4n) is 3.71. The van der Waals surface area contributed by atoms with Gasteiger partial charge in [-0.2, -0.15) is 5.10 Å². The van der Waals surface area contributed by atoms with E-state index >= 15 is 0 Å². The number of hydrogen-bond donors (Lipinski definition) is 1. The van der Waals surface area contributed by atoms with E-state index in [2.05, 4.69) is 43.3 Å². The molecule has 5 rings (SSSR count). The van der Waals surface area contributed by atoms with Gasteiger partial charge in [-0.05, 0) is 29.8 Å². The number of hydrogen-bond acceptors (Lipinski definition) is 7. The van der Waals surface area contributed by atoms with Gasteiger partial charge in [-0.1, -0.05) is 23.7 Å². The topological polar surface area (TPSA) is 78.0 Å². The molecule has 1 N–H and O–H groups in total. The summed E-state index contributed by atoms with van der Waals surface area (Å²) in [5, 5.41) is 10.1. The number of amides is 1. The first-order valence-electron chi connectivity index (χ1n) is 10.3. The maximum Gasteiger partial charge on any atom is 0.228 e. The molecule has 4 aromatic rings. The fourth-order valence-corrected chi connectivity index (χ4v) is 5.71. The van der Waals surface area contributed by atoms with E-state index in [0.717, 1.165) is 54.0 Å². The Morgan fingerprint density at radius 2 is 2.03 bits per heavy atom. The molecule has 1 amide bonds. The molecule has 1 aromatic carbocycles. The number of nitrogens with one attached hydrogen (secondary N) is 1. The molecule has 164 valence electrons. The highest BCUT2D eigenvalue weighted by Crippen LogP contribution is 2.30. The van der Waals surface area contributed by atoms with E-state index < -0.39 is 0 Å². The van der Waals surface area contributed by atoms with Crippen molar-refractivity contribution in [2.24, 2.45) is 0 Å². The van der Waals surface area contributed by atoms with Crippen molar-refractivity contribution < 1.29 is 4.79 Å². The number of H-pyrrole nitrogens is 1. The molecule has 3 aromatic heterocycles. The second kappa shape index (κ2) is 9.50. The first-order valence-corrected chi connectivity index (χ1v) is 12.4. The monoisotopic (exact) mass is 484 g/mol. The highest BCUT2D eigenvalue weighted by atomic mass is 35.5. The normalized spacial score (nSPS) is 14.7. The Bertz CT molecular complexity index is 1200. The van der Waals surface area contributed by atoms with Gasteiger partial charge in [0.15, 0.2) is 10.8 Å². The number of thiazole rings is 1. The summed E-state index contributed by atoms with van der Waals surface area (Å²) in [5.74, 6) is 0.757. The van der Waals surface area contributed by atoms with E-state index in [1.807, 2.05) is 28.5 Å². The number of piperazine rings is 1. The van der Waals surface area contributed by atoms with E-state index in [4.69, 9.17) is 11.6 Å². The molecule has 1 aliphatic rings. The molecule has 0 atom stereocenters. The Morgan fingerprint density at radius 1 is 1.16 bits per heavy atom. The average Bonchev–Trinajstić information content (AvgIpc) is 3.56. The van der Waals surface area contributed by atoms with Crippen molar-refractivity contribution in [1.29, 1.82) is 0 Å². The van der Waals surface area contributed by atoms with Crippen LogP contribution in [0.3, 0.4) is 0 Å². The predicted octanol–water partition coefficient (Wildman–Crippen LogP) is 4.20. The van der Waals surface area contributed by atoms with Crippen LogP contribution >= 0.6 is 34.3 Å². The van der Waals surface area contributed by atoms with E-state index in [-0.39, 0.29) is 5.91 Å². The molecule has 10 heteroatoms. The summed E-state index contributed by atoms with van der Waals surface area (Å²) in [5.41, 5.74) is 1.93. The number of aromatic amines is 1. The first kappa shape index (κ1) is 21.3. The molecule has 1 fully saturated rings. The van der Waals surface area contributed by atoms with Crippen LogP contribution < -0.4 is 0 Å². The zero-order valence-electron chi connectivity index (χ0n) is 17.2. The van der Waals surface area contributed by atoms with Crippen molar-refractivity contribution in [3.8, 4) is 21.3 Å². The van der Waals surface area contributed by atoms with Gasteiger partial charge in [0.2, 0.25) is 5.91 Å². The zero-order valence-corrected chi connectivity index (χ0v) is 19.6. The first-order chi connectivity index (χ1) is 15.6. The fraction of sp³-hybridized carbons (Fsp3) is 0.273. The van der Waals surface area contributed by atoms with Crippen LogP contribution in [0.4, 0.5) is 0 Å². The zero-order chi connectivity index (χ0) is 21.9. The molecule has 32 heavy (non-hydrogen) atoms. The van der Waals surface area contributed by atoms with Crippen LogP contribution in [0.5, 0.6) is 0 Å². The number of benzene rings is 1. The number of halogens is 1. The minimum Gasteiger partial charge on any atom is -0.340 e. The molecule has 1 aliphatic heterocycles. The van der Waals surface area contributed by atoms with Crippen molar-refractivity contribution in [1.82, 2.24) is 30.0 Å². The average molecular weight is 485 g/mol. The van der Waals surface area contributed by atoms with Crippen LogP contribution in [0.1, 0.15) is 10.6 Å². The maximum absolute atomic E-state index is 12.7. The van der Waals surface area contributed by atoms with Gasteiger partial charge in [0.25, 0.3) is 0 Å². The van der Waals surface area contributed by atoms with Crippen LogP contribution in [0.2, 0.25) is 5.02 Å². The quantitative estimate of drug-likeness (QED) is 0.444. The summed E-state index contributed by atoms with van der Waals surface area (Å²) in [6.45, 7) is 4.13. The van der Waals surface area contributed by atoms with Gasteiger partial charge in [0.05, 0.1) is 12.1 Å². The number of thiophene rings is 1. The molecular formula is C22H21ClN6OS2. The molecule has 4 heterocycles. The van der Waals surface area contributed by atoms with E-state index in [1.54, 1.807) is 11.3 Å². The van der Waals surface area contributed by atoms with Gasteiger partial charge in [0, 0.05) is 52.9 Å². The minimum absolute atomic E-state index is 0.124. The standard InChI is InChI=1S/C22H21ClN6OS2/c23-16-3-1-2-15(10-16)19-5-4-18(32-19)12-28-6-8-29(9-7-28)20(30)11-17-13-31-22(26-17)21-24-14-25-27-21/h1-5,10,13-14H,6-9,11-12H2,(H,24,25,27). The van der Waals surface area contributed by atoms with Crippen LogP contribution in [0, 0.1) is 0 Å². The highest BCUT2D eigenvalue weighted by molar-refractivity contribution is 7.15. The summed E-state index contributed by atoms with van der Waals surface area (Å²) in [6.07, 6.45) is 1.77. The van der Waals surface area contributed by atoms with Gasteiger partial charge in [-0.25, -0.2) is 9.97 Å². The summed E-state index contributed by atoms with van der Waals surface area (Å²) in [6, 6.07) is 12.3. The van der Waals surface area contributed by atoms with Crippen molar-refractivity contribution >= 4 is 40.2 Å². The largest absolute Gasteiger partial charge is 0.340 e.